The molecule has 2 fully saturated rings. The van der Waals surface area contributed by atoms with Gasteiger partial charge in [0.25, 0.3) is 0 Å². The SMILES string of the molecule is CC(=O)N1CCC(CN(C)C2CCCN(c3cccnn3)C2)CC1. The molecule has 0 aromatic carbocycles. The lowest BCUT2D eigenvalue weighted by atomic mass is 9.94. The number of aromatic nitrogens is 2. The van der Waals surface area contributed by atoms with Crippen molar-refractivity contribution in [2.24, 2.45) is 5.92 Å². The Hall–Kier alpha value is -1.69. The molecule has 0 saturated carbocycles. The van der Waals surface area contributed by atoms with Crippen molar-refractivity contribution in [2.45, 2.75) is 38.6 Å². The molecule has 1 aromatic rings. The second-order valence-electron chi connectivity index (χ2n) is 7.21. The van der Waals surface area contributed by atoms with E-state index in [0.717, 1.165) is 51.4 Å². The van der Waals surface area contributed by atoms with Crippen molar-refractivity contribution < 1.29 is 4.79 Å². The van der Waals surface area contributed by atoms with Gasteiger partial charge in [0.05, 0.1) is 0 Å². The molecule has 0 radical (unpaired) electrons. The molecule has 132 valence electrons. The van der Waals surface area contributed by atoms with Crippen LogP contribution in [0.3, 0.4) is 0 Å². The summed E-state index contributed by atoms with van der Waals surface area (Å²) in [5.74, 6) is 1.91. The summed E-state index contributed by atoms with van der Waals surface area (Å²) in [4.78, 5) is 18.3. The van der Waals surface area contributed by atoms with Crippen molar-refractivity contribution in [3.05, 3.63) is 18.3 Å². The first kappa shape index (κ1) is 17.1. The van der Waals surface area contributed by atoms with E-state index in [1.165, 1.54) is 12.8 Å². The number of hydrogen-bond acceptors (Lipinski definition) is 5. The molecule has 2 saturated heterocycles. The number of likely N-dealkylation sites (N-methyl/N-ethyl adjacent to an activating group) is 1. The lowest BCUT2D eigenvalue weighted by Crippen LogP contribution is -2.49. The van der Waals surface area contributed by atoms with Gasteiger partial charge in [-0.25, -0.2) is 0 Å². The second kappa shape index (κ2) is 7.92. The Balaban J connectivity index is 1.50. The molecule has 1 atom stereocenters. The lowest BCUT2D eigenvalue weighted by Gasteiger charge is -2.40. The molecule has 6 nitrogen and oxygen atoms in total. The molecular weight excluding hydrogens is 302 g/mol. The molecule has 1 amide bonds. The topological polar surface area (TPSA) is 52.6 Å². The Morgan fingerprint density at radius 3 is 2.75 bits per heavy atom. The Morgan fingerprint density at radius 2 is 2.08 bits per heavy atom. The van der Waals surface area contributed by atoms with E-state index in [1.807, 2.05) is 17.0 Å². The first-order valence-electron chi connectivity index (χ1n) is 9.12. The van der Waals surface area contributed by atoms with Crippen LogP contribution in [0.25, 0.3) is 0 Å². The van der Waals surface area contributed by atoms with Gasteiger partial charge in [0, 0.05) is 51.9 Å². The molecule has 3 rings (SSSR count). The van der Waals surface area contributed by atoms with E-state index in [1.54, 1.807) is 13.1 Å². The van der Waals surface area contributed by atoms with Gasteiger partial charge in [-0.15, -0.1) is 5.10 Å². The Kier molecular flexibility index (Phi) is 5.66. The van der Waals surface area contributed by atoms with Gasteiger partial charge in [0.2, 0.25) is 5.91 Å². The van der Waals surface area contributed by atoms with E-state index >= 15 is 0 Å². The van der Waals surface area contributed by atoms with E-state index in [-0.39, 0.29) is 5.91 Å². The maximum atomic E-state index is 11.4. The van der Waals surface area contributed by atoms with Crippen molar-refractivity contribution in [3.8, 4) is 0 Å². The van der Waals surface area contributed by atoms with Gasteiger partial charge in [0.15, 0.2) is 5.82 Å². The van der Waals surface area contributed by atoms with Gasteiger partial charge >= 0.3 is 0 Å². The fraction of sp³-hybridized carbons (Fsp3) is 0.722. The summed E-state index contributed by atoms with van der Waals surface area (Å²) >= 11 is 0. The summed E-state index contributed by atoms with van der Waals surface area (Å²) in [7, 11) is 2.25. The summed E-state index contributed by atoms with van der Waals surface area (Å²) in [6.45, 7) is 6.75. The molecule has 2 aliphatic heterocycles. The highest BCUT2D eigenvalue weighted by atomic mass is 16.2. The average Bonchev–Trinajstić information content (AvgIpc) is 2.63. The zero-order valence-corrected chi connectivity index (χ0v) is 14.9. The molecule has 0 spiro atoms. The summed E-state index contributed by atoms with van der Waals surface area (Å²) in [6, 6.07) is 4.58. The van der Waals surface area contributed by atoms with Gasteiger partial charge in [0.1, 0.15) is 0 Å². The molecule has 0 bridgehead atoms. The lowest BCUT2D eigenvalue weighted by molar-refractivity contribution is -0.130. The van der Waals surface area contributed by atoms with E-state index in [0.29, 0.717) is 12.0 Å². The zero-order valence-electron chi connectivity index (χ0n) is 14.9. The predicted octanol–water partition coefficient (Wildman–Crippen LogP) is 1.64. The Bertz CT molecular complexity index is 529. The highest BCUT2D eigenvalue weighted by Gasteiger charge is 2.27. The van der Waals surface area contributed by atoms with Crippen molar-refractivity contribution in [1.82, 2.24) is 20.0 Å². The van der Waals surface area contributed by atoms with Gasteiger partial charge in [-0.05, 0) is 50.8 Å². The van der Waals surface area contributed by atoms with Crippen LogP contribution in [-0.2, 0) is 4.79 Å². The van der Waals surface area contributed by atoms with Crippen LogP contribution in [0.1, 0.15) is 32.6 Å². The molecule has 2 aliphatic rings. The van der Waals surface area contributed by atoms with Crippen LogP contribution in [-0.4, -0.2) is 71.7 Å². The average molecular weight is 331 g/mol. The number of piperidine rings is 2. The summed E-state index contributed by atoms with van der Waals surface area (Å²) < 4.78 is 0. The first-order valence-corrected chi connectivity index (χ1v) is 9.12. The Morgan fingerprint density at radius 1 is 1.29 bits per heavy atom. The van der Waals surface area contributed by atoms with Crippen LogP contribution in [0.2, 0.25) is 0 Å². The minimum atomic E-state index is 0.216. The largest absolute Gasteiger partial charge is 0.354 e. The molecule has 1 aromatic heterocycles. The number of carbonyl (C=O) groups is 1. The fourth-order valence-electron chi connectivity index (χ4n) is 3.97. The van der Waals surface area contributed by atoms with Crippen LogP contribution < -0.4 is 4.90 Å². The number of anilines is 1. The maximum Gasteiger partial charge on any atom is 0.219 e. The molecule has 6 heteroatoms. The van der Waals surface area contributed by atoms with Crippen molar-refractivity contribution >= 4 is 11.7 Å². The fourth-order valence-corrected chi connectivity index (χ4v) is 3.97. The van der Waals surface area contributed by atoms with E-state index < -0.39 is 0 Å². The third-order valence-electron chi connectivity index (χ3n) is 5.51. The summed E-state index contributed by atoms with van der Waals surface area (Å²) in [5.41, 5.74) is 0. The summed E-state index contributed by atoms with van der Waals surface area (Å²) in [5, 5.41) is 8.26. The van der Waals surface area contributed by atoms with Gasteiger partial charge < -0.3 is 14.7 Å². The highest BCUT2D eigenvalue weighted by Crippen LogP contribution is 2.23. The van der Waals surface area contributed by atoms with Crippen LogP contribution in [0, 0.1) is 5.92 Å². The second-order valence-corrected chi connectivity index (χ2v) is 7.21. The van der Waals surface area contributed by atoms with Gasteiger partial charge in [-0.2, -0.15) is 5.10 Å². The Labute approximate surface area is 144 Å². The maximum absolute atomic E-state index is 11.4. The van der Waals surface area contributed by atoms with Crippen LogP contribution >= 0.6 is 0 Å². The van der Waals surface area contributed by atoms with E-state index in [9.17, 15) is 4.79 Å². The number of amides is 1. The van der Waals surface area contributed by atoms with Gasteiger partial charge in [-0.1, -0.05) is 0 Å². The third-order valence-corrected chi connectivity index (χ3v) is 5.51. The number of likely N-dealkylation sites (tertiary alicyclic amines) is 1. The number of hydrogen-bond donors (Lipinski definition) is 0. The third kappa shape index (κ3) is 4.23. The molecular formula is C18H29N5O. The van der Waals surface area contributed by atoms with Crippen LogP contribution in [0.5, 0.6) is 0 Å². The van der Waals surface area contributed by atoms with Crippen LogP contribution in [0.4, 0.5) is 5.82 Å². The van der Waals surface area contributed by atoms with Crippen molar-refractivity contribution in [3.63, 3.8) is 0 Å². The molecule has 0 aliphatic carbocycles. The molecule has 0 N–H and O–H groups in total. The molecule has 3 heterocycles. The molecule has 1 unspecified atom stereocenters. The predicted molar refractivity (Wildman–Crippen MR) is 94.9 cm³/mol. The standard InChI is InChI=1S/C18H29N5O/c1-15(24)22-11-7-16(8-12-22)13-21(2)17-5-4-10-23(14-17)18-6-3-9-19-20-18/h3,6,9,16-17H,4-5,7-8,10-14H2,1-2H3. The highest BCUT2D eigenvalue weighted by molar-refractivity contribution is 5.73. The summed E-state index contributed by atoms with van der Waals surface area (Å²) in [6.07, 6.45) is 6.44. The minimum Gasteiger partial charge on any atom is -0.354 e. The number of rotatable bonds is 4. The molecule has 24 heavy (non-hydrogen) atoms. The van der Waals surface area contributed by atoms with Crippen molar-refractivity contribution in [1.29, 1.82) is 0 Å². The van der Waals surface area contributed by atoms with Gasteiger partial charge in [-0.3, -0.25) is 4.79 Å². The smallest absolute Gasteiger partial charge is 0.219 e. The minimum absolute atomic E-state index is 0.216. The normalized spacial score (nSPS) is 22.9. The number of carbonyl (C=O) groups excluding carboxylic acids is 1. The first-order chi connectivity index (χ1) is 11.6. The van der Waals surface area contributed by atoms with E-state index in [2.05, 4.69) is 27.0 Å². The van der Waals surface area contributed by atoms with Crippen LogP contribution in [0.15, 0.2) is 18.3 Å². The monoisotopic (exact) mass is 331 g/mol. The van der Waals surface area contributed by atoms with Crippen molar-refractivity contribution in [2.75, 3.05) is 44.7 Å². The quantitative estimate of drug-likeness (QED) is 0.839. The van der Waals surface area contributed by atoms with E-state index in [4.69, 9.17) is 0 Å². The number of nitrogens with zero attached hydrogens (tertiary/aromatic N) is 5. The zero-order chi connectivity index (χ0) is 16.9.